The van der Waals surface area contributed by atoms with Crippen LogP contribution in [-0.2, 0) is 0 Å². The average Bonchev–Trinajstić information content (AvgIpc) is 1.90. The Morgan fingerprint density at radius 3 is 2.11 bits per heavy atom. The topological polar surface area (TPSA) is 4.44 Å². The van der Waals surface area contributed by atoms with Gasteiger partial charge in [-0.2, -0.15) is 0 Å². The Balaban J connectivity index is 2.06. The molecular weight excluding hydrogens is 110 g/mol. The molecule has 3 heterocycles. The van der Waals surface area contributed by atoms with Gasteiger partial charge in [0.25, 0.3) is 0 Å². The molecule has 0 aromatic rings. The lowest BCUT2D eigenvalue weighted by Gasteiger charge is -2.40. The van der Waals surface area contributed by atoms with Crippen molar-refractivity contribution >= 4 is 0 Å². The van der Waals surface area contributed by atoms with Crippen molar-refractivity contribution in [1.29, 1.82) is 0 Å². The molecule has 3 aliphatic rings. The molecule has 3 aliphatic heterocycles. The highest BCUT2D eigenvalue weighted by Gasteiger charge is 2.33. The smallest absolute Gasteiger partial charge is 0.0848 e. The number of piperidine rings is 3. The van der Waals surface area contributed by atoms with Gasteiger partial charge in [0.05, 0.1) is 19.1 Å². The van der Waals surface area contributed by atoms with Crippen LogP contribution in [0.3, 0.4) is 0 Å². The van der Waals surface area contributed by atoms with E-state index in [-0.39, 0.29) is 0 Å². The van der Waals surface area contributed by atoms with Crippen molar-refractivity contribution in [2.45, 2.75) is 32.2 Å². The van der Waals surface area contributed by atoms with E-state index >= 15 is 0 Å². The lowest BCUT2D eigenvalue weighted by atomic mass is 9.84. The van der Waals surface area contributed by atoms with Gasteiger partial charge in [0.2, 0.25) is 0 Å². The number of hydrogen-bond donors (Lipinski definition) is 1. The molecule has 0 radical (unpaired) electrons. The number of fused-ring (bicyclic) bond motifs is 3. The van der Waals surface area contributed by atoms with Crippen molar-refractivity contribution in [3.63, 3.8) is 0 Å². The minimum absolute atomic E-state index is 0.984. The van der Waals surface area contributed by atoms with Gasteiger partial charge in [-0.1, -0.05) is 0 Å². The van der Waals surface area contributed by atoms with Crippen molar-refractivity contribution in [1.82, 2.24) is 0 Å². The van der Waals surface area contributed by atoms with E-state index in [9.17, 15) is 0 Å². The first-order chi connectivity index (χ1) is 4.36. The van der Waals surface area contributed by atoms with Crippen molar-refractivity contribution in [2.75, 3.05) is 13.1 Å². The van der Waals surface area contributed by atoms with Crippen LogP contribution in [0, 0.1) is 5.92 Å². The predicted octanol–water partition coefficient (Wildman–Crippen LogP) is 0.0735. The Labute approximate surface area is 57.0 Å². The number of rotatable bonds is 0. The van der Waals surface area contributed by atoms with Gasteiger partial charge in [-0.05, 0) is 25.7 Å². The summed E-state index contributed by atoms with van der Waals surface area (Å²) in [6, 6.07) is 0.984. The summed E-state index contributed by atoms with van der Waals surface area (Å²) in [7, 11) is 0. The first-order valence-corrected chi connectivity index (χ1v) is 4.21. The largest absolute Gasteiger partial charge is 0.333 e. The zero-order chi connectivity index (χ0) is 6.27. The molecule has 0 saturated carbocycles. The highest BCUT2D eigenvalue weighted by molar-refractivity contribution is 4.71. The van der Waals surface area contributed by atoms with Crippen LogP contribution in [-0.4, -0.2) is 19.1 Å². The Kier molecular flexibility index (Phi) is 1.26. The van der Waals surface area contributed by atoms with Crippen molar-refractivity contribution in [2.24, 2.45) is 5.92 Å². The third-order valence-corrected chi connectivity index (χ3v) is 3.13. The van der Waals surface area contributed by atoms with Gasteiger partial charge in [-0.15, -0.1) is 0 Å². The summed E-state index contributed by atoms with van der Waals surface area (Å²) in [5, 5.41) is 0. The van der Waals surface area contributed by atoms with Gasteiger partial charge < -0.3 is 4.90 Å². The Bertz CT molecular complexity index is 103. The van der Waals surface area contributed by atoms with E-state index in [1.807, 2.05) is 4.90 Å². The Hall–Kier alpha value is -0.0400. The number of nitrogens with one attached hydrogen (secondary N) is 1. The van der Waals surface area contributed by atoms with Crippen LogP contribution in [0.5, 0.6) is 0 Å². The summed E-state index contributed by atoms with van der Waals surface area (Å²) in [6.45, 7) is 5.33. The molecule has 0 aromatic carbocycles. The van der Waals surface area contributed by atoms with Crippen LogP contribution in [0.15, 0.2) is 0 Å². The Morgan fingerprint density at radius 1 is 1.22 bits per heavy atom. The van der Waals surface area contributed by atoms with Crippen molar-refractivity contribution in [3.05, 3.63) is 0 Å². The summed E-state index contributed by atoms with van der Waals surface area (Å²) < 4.78 is 0. The molecule has 1 unspecified atom stereocenters. The van der Waals surface area contributed by atoms with Gasteiger partial charge >= 0.3 is 0 Å². The van der Waals surface area contributed by atoms with E-state index < -0.39 is 0 Å². The molecule has 0 aliphatic carbocycles. The second kappa shape index (κ2) is 1.98. The third-order valence-electron chi connectivity index (χ3n) is 3.13. The van der Waals surface area contributed by atoms with E-state index in [0.717, 1.165) is 12.0 Å². The van der Waals surface area contributed by atoms with Crippen molar-refractivity contribution < 1.29 is 4.90 Å². The van der Waals surface area contributed by atoms with Crippen LogP contribution in [0.1, 0.15) is 26.2 Å². The minimum Gasteiger partial charge on any atom is -0.333 e. The zero-order valence-corrected chi connectivity index (χ0v) is 6.19. The molecule has 1 atom stereocenters. The summed E-state index contributed by atoms with van der Waals surface area (Å²) in [4.78, 5) is 1.87. The fraction of sp³-hybridized carbons (Fsp3) is 1.00. The van der Waals surface area contributed by atoms with Crippen LogP contribution < -0.4 is 4.90 Å². The van der Waals surface area contributed by atoms with E-state index in [2.05, 4.69) is 6.92 Å². The maximum Gasteiger partial charge on any atom is 0.0848 e. The summed E-state index contributed by atoms with van der Waals surface area (Å²) in [5.41, 5.74) is 0. The lowest BCUT2D eigenvalue weighted by Crippen LogP contribution is -3.18. The summed E-state index contributed by atoms with van der Waals surface area (Å²) in [6.07, 6.45) is 4.54. The second-order valence-corrected chi connectivity index (χ2v) is 3.74. The standard InChI is InChI=1S/C8H15N/c1-7-6-8-2-4-9(7)5-3-8/h7-8H,2-6H2,1H3/p+1. The summed E-state index contributed by atoms with van der Waals surface area (Å²) >= 11 is 0. The number of quaternary nitrogens is 1. The lowest BCUT2D eigenvalue weighted by molar-refractivity contribution is -0.939. The van der Waals surface area contributed by atoms with Gasteiger partial charge in [0, 0.05) is 6.42 Å². The molecule has 3 saturated heterocycles. The average molecular weight is 126 g/mol. The van der Waals surface area contributed by atoms with Crippen LogP contribution >= 0.6 is 0 Å². The summed E-state index contributed by atoms with van der Waals surface area (Å²) in [5.74, 6) is 1.11. The molecule has 2 bridgehead atoms. The molecule has 0 amide bonds. The molecule has 0 aromatic heterocycles. The monoisotopic (exact) mass is 126 g/mol. The maximum absolute atomic E-state index is 2.40. The predicted molar refractivity (Wildman–Crippen MR) is 37.5 cm³/mol. The van der Waals surface area contributed by atoms with Crippen LogP contribution in [0.25, 0.3) is 0 Å². The first kappa shape index (κ1) is 5.72. The third kappa shape index (κ3) is 0.877. The Morgan fingerprint density at radius 2 is 1.89 bits per heavy atom. The fourth-order valence-corrected chi connectivity index (χ4v) is 2.44. The molecule has 52 valence electrons. The molecule has 1 heteroatoms. The second-order valence-electron chi connectivity index (χ2n) is 3.74. The quantitative estimate of drug-likeness (QED) is 0.468. The van der Waals surface area contributed by atoms with E-state index in [1.54, 1.807) is 0 Å². The van der Waals surface area contributed by atoms with E-state index in [0.29, 0.717) is 0 Å². The minimum atomic E-state index is 0.984. The van der Waals surface area contributed by atoms with E-state index in [4.69, 9.17) is 0 Å². The molecule has 3 fully saturated rings. The van der Waals surface area contributed by atoms with Gasteiger partial charge in [0.1, 0.15) is 0 Å². The molecule has 0 spiro atoms. The van der Waals surface area contributed by atoms with Gasteiger partial charge in [-0.25, -0.2) is 0 Å². The molecule has 9 heavy (non-hydrogen) atoms. The molecular formula is C8H16N+. The normalized spacial score (nSPS) is 49.7. The SMILES string of the molecule is CC1CC2CC[NH+]1CC2. The molecule has 1 N–H and O–H groups in total. The highest BCUT2D eigenvalue weighted by atomic mass is 15.2. The van der Waals surface area contributed by atoms with Crippen LogP contribution in [0.4, 0.5) is 0 Å². The molecule has 3 rings (SSSR count). The van der Waals surface area contributed by atoms with Crippen LogP contribution in [0.2, 0.25) is 0 Å². The fourth-order valence-electron chi connectivity index (χ4n) is 2.44. The molecule has 1 nitrogen and oxygen atoms in total. The first-order valence-electron chi connectivity index (χ1n) is 4.21. The van der Waals surface area contributed by atoms with Gasteiger partial charge in [0.15, 0.2) is 0 Å². The van der Waals surface area contributed by atoms with Gasteiger partial charge in [-0.3, -0.25) is 0 Å². The van der Waals surface area contributed by atoms with E-state index in [1.165, 1.54) is 32.4 Å². The zero-order valence-electron chi connectivity index (χ0n) is 6.19. The number of hydrogen-bond acceptors (Lipinski definition) is 0. The highest BCUT2D eigenvalue weighted by Crippen LogP contribution is 2.20. The maximum atomic E-state index is 2.40. The van der Waals surface area contributed by atoms with Crippen molar-refractivity contribution in [3.8, 4) is 0 Å².